The van der Waals surface area contributed by atoms with Crippen LogP contribution in [0.2, 0.25) is 0 Å². The second-order valence-corrected chi connectivity index (χ2v) is 6.23. The molecule has 2 heterocycles. The van der Waals surface area contributed by atoms with Crippen molar-refractivity contribution in [1.29, 1.82) is 5.26 Å². The Morgan fingerprint density at radius 1 is 1.50 bits per heavy atom. The molecule has 2 aromatic rings. The van der Waals surface area contributed by atoms with E-state index in [0.29, 0.717) is 17.0 Å². The van der Waals surface area contributed by atoms with Crippen molar-refractivity contribution in [3.8, 4) is 6.07 Å². The second kappa shape index (κ2) is 5.96. The zero-order valence-corrected chi connectivity index (χ0v) is 14.0. The van der Waals surface area contributed by atoms with Gasteiger partial charge >= 0.3 is 0 Å². The fourth-order valence-corrected chi connectivity index (χ4v) is 2.76. The fraction of sp³-hybridized carbons (Fsp3) is 0.412. The van der Waals surface area contributed by atoms with Crippen molar-refractivity contribution in [2.45, 2.75) is 32.4 Å². The zero-order chi connectivity index (χ0) is 17.4. The van der Waals surface area contributed by atoms with E-state index in [4.69, 9.17) is 5.26 Å². The Morgan fingerprint density at radius 3 is 2.79 bits per heavy atom. The predicted molar refractivity (Wildman–Crippen MR) is 87.4 cm³/mol. The summed E-state index contributed by atoms with van der Waals surface area (Å²) in [6.07, 6.45) is 3.73. The van der Waals surface area contributed by atoms with Gasteiger partial charge in [0.1, 0.15) is 17.3 Å². The lowest BCUT2D eigenvalue weighted by atomic mass is 10.1. The average Bonchev–Trinajstić information content (AvgIpc) is 3.31. The minimum absolute atomic E-state index is 0.211. The van der Waals surface area contributed by atoms with Gasteiger partial charge in [0.25, 0.3) is 11.5 Å². The van der Waals surface area contributed by atoms with E-state index >= 15 is 0 Å². The first kappa shape index (κ1) is 16.0. The quantitative estimate of drug-likeness (QED) is 0.850. The van der Waals surface area contributed by atoms with E-state index < -0.39 is 0 Å². The first-order chi connectivity index (χ1) is 11.4. The summed E-state index contributed by atoms with van der Waals surface area (Å²) >= 11 is 0. The Morgan fingerprint density at radius 2 is 2.21 bits per heavy atom. The topological polar surface area (TPSA) is 83.9 Å². The van der Waals surface area contributed by atoms with Crippen LogP contribution < -0.4 is 5.56 Å². The second-order valence-electron chi connectivity index (χ2n) is 6.23. The van der Waals surface area contributed by atoms with Gasteiger partial charge in [0.15, 0.2) is 0 Å². The van der Waals surface area contributed by atoms with Crippen LogP contribution in [0, 0.1) is 18.3 Å². The van der Waals surface area contributed by atoms with Crippen LogP contribution in [0.15, 0.2) is 23.1 Å². The van der Waals surface area contributed by atoms with Crippen LogP contribution in [0.5, 0.6) is 0 Å². The van der Waals surface area contributed by atoms with Gasteiger partial charge in [-0.05, 0) is 37.5 Å². The maximum absolute atomic E-state index is 12.8. The number of nitriles is 1. The summed E-state index contributed by atoms with van der Waals surface area (Å²) in [5, 5.41) is 13.2. The number of amides is 1. The summed E-state index contributed by atoms with van der Waals surface area (Å²) in [4.78, 5) is 26.8. The molecule has 1 aliphatic rings. The Hall–Kier alpha value is -2.88. The first-order valence-electron chi connectivity index (χ1n) is 7.82. The molecule has 124 valence electrons. The molecular weight excluding hydrogens is 306 g/mol. The van der Waals surface area contributed by atoms with Crippen LogP contribution in [0.4, 0.5) is 0 Å². The van der Waals surface area contributed by atoms with Crippen LogP contribution in [-0.4, -0.2) is 32.2 Å². The lowest BCUT2D eigenvalue weighted by molar-refractivity contribution is 0.0780. The van der Waals surface area contributed by atoms with E-state index in [9.17, 15) is 9.59 Å². The third-order valence-corrected chi connectivity index (χ3v) is 4.27. The fourth-order valence-electron chi connectivity index (χ4n) is 2.76. The third kappa shape index (κ3) is 2.83. The molecule has 1 aliphatic carbocycles. The molecular formula is C17H19N5O2. The number of nitrogens with zero attached hydrogens (tertiary/aromatic N) is 5. The van der Waals surface area contributed by atoms with Gasteiger partial charge in [-0.1, -0.05) is 0 Å². The van der Waals surface area contributed by atoms with Crippen molar-refractivity contribution in [2.75, 3.05) is 7.05 Å². The van der Waals surface area contributed by atoms with Gasteiger partial charge in [0.2, 0.25) is 0 Å². The molecule has 7 heteroatoms. The number of carbonyl (C=O) groups is 1. The molecule has 0 aliphatic heterocycles. The Labute approximate surface area is 139 Å². The van der Waals surface area contributed by atoms with Gasteiger partial charge in [-0.15, -0.1) is 0 Å². The standard InChI is InChI=1S/C17H19N5O2/c1-11-6-7-22(13-4-5-13)17(24)15(11)16(23)20(2)10-12-8-14(9-18)21(3)19-12/h6-8,13H,4-5,10H2,1-3H3. The first-order valence-corrected chi connectivity index (χ1v) is 7.82. The highest BCUT2D eigenvalue weighted by atomic mass is 16.2. The summed E-state index contributed by atoms with van der Waals surface area (Å²) in [5.41, 5.74) is 1.70. The molecule has 7 nitrogen and oxygen atoms in total. The van der Waals surface area contributed by atoms with Gasteiger partial charge < -0.3 is 9.47 Å². The highest BCUT2D eigenvalue weighted by molar-refractivity contribution is 5.95. The minimum atomic E-state index is -0.323. The molecule has 24 heavy (non-hydrogen) atoms. The molecule has 0 atom stereocenters. The van der Waals surface area contributed by atoms with Crippen molar-refractivity contribution in [2.24, 2.45) is 7.05 Å². The highest BCUT2D eigenvalue weighted by Crippen LogP contribution is 2.33. The van der Waals surface area contributed by atoms with Crippen LogP contribution in [0.1, 0.15) is 46.2 Å². The van der Waals surface area contributed by atoms with Crippen LogP contribution in [0.3, 0.4) is 0 Å². The van der Waals surface area contributed by atoms with Crippen molar-refractivity contribution in [1.82, 2.24) is 19.2 Å². The average molecular weight is 325 g/mol. The molecule has 0 bridgehead atoms. The Kier molecular flexibility index (Phi) is 3.97. The molecule has 2 aromatic heterocycles. The maximum atomic E-state index is 12.8. The molecule has 0 spiro atoms. The lowest BCUT2D eigenvalue weighted by Crippen LogP contribution is -2.35. The van der Waals surface area contributed by atoms with Crippen molar-refractivity contribution >= 4 is 5.91 Å². The smallest absolute Gasteiger partial charge is 0.263 e. The van der Waals surface area contributed by atoms with E-state index in [1.54, 1.807) is 37.8 Å². The molecule has 0 N–H and O–H groups in total. The molecule has 0 unspecified atom stereocenters. The minimum Gasteiger partial charge on any atom is -0.336 e. The normalized spacial score (nSPS) is 13.6. The van der Waals surface area contributed by atoms with Crippen molar-refractivity contribution in [3.63, 3.8) is 0 Å². The van der Waals surface area contributed by atoms with E-state index in [2.05, 4.69) is 5.10 Å². The van der Waals surface area contributed by atoms with E-state index in [1.807, 2.05) is 12.1 Å². The number of carbonyl (C=O) groups excluding carboxylic acids is 1. The van der Waals surface area contributed by atoms with Crippen LogP contribution >= 0.6 is 0 Å². The predicted octanol–water partition coefficient (Wildman–Crippen LogP) is 1.37. The van der Waals surface area contributed by atoms with Crippen molar-refractivity contribution < 1.29 is 4.79 Å². The van der Waals surface area contributed by atoms with Gasteiger partial charge in [-0.2, -0.15) is 10.4 Å². The molecule has 0 saturated heterocycles. The zero-order valence-electron chi connectivity index (χ0n) is 14.0. The number of hydrogen-bond acceptors (Lipinski definition) is 4. The van der Waals surface area contributed by atoms with E-state index in [0.717, 1.165) is 12.8 Å². The molecule has 1 saturated carbocycles. The van der Waals surface area contributed by atoms with Crippen molar-refractivity contribution in [3.05, 3.63) is 51.2 Å². The van der Waals surface area contributed by atoms with Gasteiger partial charge in [-0.3, -0.25) is 14.3 Å². The van der Waals surface area contributed by atoms with Crippen LogP contribution in [-0.2, 0) is 13.6 Å². The summed E-state index contributed by atoms with van der Waals surface area (Å²) in [5.74, 6) is -0.323. The Bertz CT molecular complexity index is 899. The summed E-state index contributed by atoms with van der Waals surface area (Å²) in [6.45, 7) is 2.01. The largest absolute Gasteiger partial charge is 0.336 e. The number of pyridine rings is 1. The van der Waals surface area contributed by atoms with E-state index in [1.165, 1.54) is 9.58 Å². The number of hydrogen-bond donors (Lipinski definition) is 0. The Balaban J connectivity index is 1.87. The van der Waals surface area contributed by atoms with Gasteiger partial charge in [0.05, 0.1) is 12.2 Å². The van der Waals surface area contributed by atoms with Crippen LogP contribution in [0.25, 0.3) is 0 Å². The van der Waals surface area contributed by atoms with E-state index in [-0.39, 0.29) is 29.6 Å². The molecule has 1 amide bonds. The molecule has 1 fully saturated rings. The number of rotatable bonds is 4. The number of aromatic nitrogens is 3. The summed E-state index contributed by atoms with van der Waals surface area (Å²) < 4.78 is 3.13. The summed E-state index contributed by atoms with van der Waals surface area (Å²) in [7, 11) is 3.32. The molecule has 0 radical (unpaired) electrons. The number of aryl methyl sites for hydroxylation is 2. The van der Waals surface area contributed by atoms with Gasteiger partial charge in [-0.25, -0.2) is 0 Å². The van der Waals surface area contributed by atoms with Gasteiger partial charge in [0, 0.05) is 26.3 Å². The molecule has 0 aromatic carbocycles. The third-order valence-electron chi connectivity index (χ3n) is 4.27. The summed E-state index contributed by atoms with van der Waals surface area (Å²) in [6, 6.07) is 5.72. The lowest BCUT2D eigenvalue weighted by Gasteiger charge is -2.17. The molecule has 3 rings (SSSR count). The monoisotopic (exact) mass is 325 g/mol. The highest BCUT2D eigenvalue weighted by Gasteiger charge is 2.28. The SMILES string of the molecule is Cc1ccn(C2CC2)c(=O)c1C(=O)N(C)Cc1cc(C#N)n(C)n1. The maximum Gasteiger partial charge on any atom is 0.263 e.